The van der Waals surface area contributed by atoms with Gasteiger partial charge in [0, 0.05) is 30.7 Å². The molecule has 5 fully saturated rings. The van der Waals surface area contributed by atoms with Gasteiger partial charge in [-0.15, -0.1) is 0 Å². The van der Waals surface area contributed by atoms with Crippen LogP contribution in [-0.2, 0) is 0 Å². The molecule has 5 rings (SSSR count). The van der Waals surface area contributed by atoms with E-state index >= 15 is 0 Å². The van der Waals surface area contributed by atoms with Gasteiger partial charge in [0.2, 0.25) is 0 Å². The Morgan fingerprint density at radius 2 is 1.53 bits per heavy atom. The molecule has 4 bridgehead atoms. The molecule has 2 heteroatoms. The second kappa shape index (κ2) is 3.98. The molecule has 4 aliphatic carbocycles. The van der Waals surface area contributed by atoms with Gasteiger partial charge >= 0.3 is 0 Å². The summed E-state index contributed by atoms with van der Waals surface area (Å²) in [5.41, 5.74) is 0.835. The molecule has 0 aromatic rings. The Hall–Kier alpha value is -0.0800. The van der Waals surface area contributed by atoms with Crippen molar-refractivity contribution in [3.05, 3.63) is 0 Å². The SMILES string of the molecule is CC(C)(C)N1CCNCC12C1CC3CC(C1)CC2C3. The number of nitrogens with zero attached hydrogens (tertiary/aromatic N) is 1. The minimum atomic E-state index is 0.331. The Morgan fingerprint density at radius 1 is 0.947 bits per heavy atom. The number of nitrogens with one attached hydrogen (secondary N) is 1. The fraction of sp³-hybridized carbons (Fsp3) is 1.00. The molecule has 1 aliphatic heterocycles. The summed E-state index contributed by atoms with van der Waals surface area (Å²) >= 11 is 0. The third kappa shape index (κ3) is 1.68. The predicted molar refractivity (Wildman–Crippen MR) is 79.1 cm³/mol. The van der Waals surface area contributed by atoms with Crippen LogP contribution in [0.4, 0.5) is 0 Å². The molecule has 2 nitrogen and oxygen atoms in total. The summed E-state index contributed by atoms with van der Waals surface area (Å²) in [6.45, 7) is 11.0. The van der Waals surface area contributed by atoms with Gasteiger partial charge in [0.25, 0.3) is 0 Å². The maximum atomic E-state index is 3.76. The van der Waals surface area contributed by atoms with E-state index < -0.39 is 0 Å². The number of rotatable bonds is 0. The number of hydrogen-bond acceptors (Lipinski definition) is 2. The number of hydrogen-bond donors (Lipinski definition) is 1. The summed E-state index contributed by atoms with van der Waals surface area (Å²) in [6.07, 6.45) is 7.68. The van der Waals surface area contributed by atoms with Crippen LogP contribution in [0.15, 0.2) is 0 Å². The van der Waals surface area contributed by atoms with E-state index in [4.69, 9.17) is 0 Å². The lowest BCUT2D eigenvalue weighted by molar-refractivity contribution is -0.169. The summed E-state index contributed by atoms with van der Waals surface area (Å²) in [5, 5.41) is 3.76. The predicted octanol–water partition coefficient (Wildman–Crippen LogP) is 2.89. The first-order valence-corrected chi connectivity index (χ1v) is 8.48. The summed E-state index contributed by atoms with van der Waals surface area (Å²) in [5.74, 6) is 4.13. The second-order valence-electron chi connectivity index (χ2n) is 8.79. The van der Waals surface area contributed by atoms with Crippen LogP contribution in [-0.4, -0.2) is 35.6 Å². The highest BCUT2D eigenvalue weighted by Gasteiger charge is 2.61. The standard InChI is InChI=1S/C17H30N2/c1-16(2,3)19-5-4-18-11-17(19)14-7-12-6-13(9-14)10-15(17)8-12/h12-15,18H,4-11H2,1-3H3. The maximum absolute atomic E-state index is 3.76. The van der Waals surface area contributed by atoms with E-state index in [0.29, 0.717) is 11.1 Å². The summed E-state index contributed by atoms with van der Waals surface area (Å²) in [6, 6.07) is 0. The monoisotopic (exact) mass is 262 g/mol. The van der Waals surface area contributed by atoms with Crippen LogP contribution in [0.25, 0.3) is 0 Å². The Bertz CT molecular complexity index is 340. The second-order valence-corrected chi connectivity index (χ2v) is 8.79. The fourth-order valence-corrected chi connectivity index (χ4v) is 6.47. The van der Waals surface area contributed by atoms with Crippen molar-refractivity contribution in [2.45, 2.75) is 64.0 Å². The van der Waals surface area contributed by atoms with Gasteiger partial charge in [-0.05, 0) is 76.5 Å². The van der Waals surface area contributed by atoms with Crippen LogP contribution in [0, 0.1) is 23.7 Å². The Balaban J connectivity index is 1.74. The van der Waals surface area contributed by atoms with Crippen LogP contribution in [0.5, 0.6) is 0 Å². The minimum Gasteiger partial charge on any atom is -0.314 e. The lowest BCUT2D eigenvalue weighted by Gasteiger charge is -2.68. The average molecular weight is 262 g/mol. The highest BCUT2D eigenvalue weighted by Crippen LogP contribution is 2.61. The van der Waals surface area contributed by atoms with E-state index in [0.717, 1.165) is 23.7 Å². The van der Waals surface area contributed by atoms with E-state index in [-0.39, 0.29) is 0 Å². The first kappa shape index (κ1) is 12.6. The first-order chi connectivity index (χ1) is 9.00. The summed E-state index contributed by atoms with van der Waals surface area (Å²) in [7, 11) is 0. The molecule has 0 amide bonds. The van der Waals surface area contributed by atoms with Gasteiger partial charge < -0.3 is 5.32 Å². The van der Waals surface area contributed by atoms with Gasteiger partial charge in [-0.3, -0.25) is 4.90 Å². The van der Waals surface area contributed by atoms with Crippen molar-refractivity contribution >= 4 is 0 Å². The van der Waals surface area contributed by atoms with Crippen molar-refractivity contribution in [1.29, 1.82) is 0 Å². The first-order valence-electron chi connectivity index (χ1n) is 8.48. The molecule has 1 heterocycles. The van der Waals surface area contributed by atoms with E-state index in [1.807, 2.05) is 0 Å². The summed E-state index contributed by atoms with van der Waals surface area (Å²) in [4.78, 5) is 2.92. The molecule has 1 N–H and O–H groups in total. The van der Waals surface area contributed by atoms with Crippen molar-refractivity contribution < 1.29 is 0 Å². The van der Waals surface area contributed by atoms with Gasteiger partial charge in [0.05, 0.1) is 0 Å². The fourth-order valence-electron chi connectivity index (χ4n) is 6.47. The van der Waals surface area contributed by atoms with E-state index in [1.54, 1.807) is 6.42 Å². The zero-order chi connectivity index (χ0) is 13.3. The highest BCUT2D eigenvalue weighted by molar-refractivity contribution is 5.15. The quantitative estimate of drug-likeness (QED) is 0.722. The molecule has 4 saturated carbocycles. The highest BCUT2D eigenvalue weighted by atomic mass is 15.3. The van der Waals surface area contributed by atoms with Gasteiger partial charge in [-0.1, -0.05) is 0 Å². The zero-order valence-electron chi connectivity index (χ0n) is 12.9. The molecule has 1 saturated heterocycles. The molecule has 19 heavy (non-hydrogen) atoms. The van der Waals surface area contributed by atoms with Crippen LogP contribution in [0.3, 0.4) is 0 Å². The van der Waals surface area contributed by atoms with Crippen LogP contribution in [0.1, 0.15) is 52.9 Å². The van der Waals surface area contributed by atoms with Gasteiger partial charge in [0.15, 0.2) is 0 Å². The molecule has 108 valence electrons. The summed E-state index contributed by atoms with van der Waals surface area (Å²) < 4.78 is 0. The van der Waals surface area contributed by atoms with E-state index in [1.165, 1.54) is 45.3 Å². The molecule has 0 unspecified atom stereocenters. The normalized spacial score (nSPS) is 50.1. The largest absolute Gasteiger partial charge is 0.314 e. The third-order valence-corrected chi connectivity index (χ3v) is 6.78. The van der Waals surface area contributed by atoms with E-state index in [2.05, 4.69) is 31.0 Å². The Labute approximate surface area is 118 Å². The molecule has 0 aromatic heterocycles. The lowest BCUT2D eigenvalue weighted by Crippen LogP contribution is -2.76. The smallest absolute Gasteiger partial charge is 0.0396 e. The van der Waals surface area contributed by atoms with Crippen molar-refractivity contribution in [2.24, 2.45) is 23.7 Å². The maximum Gasteiger partial charge on any atom is 0.0396 e. The minimum absolute atomic E-state index is 0.331. The van der Waals surface area contributed by atoms with Crippen molar-refractivity contribution in [2.75, 3.05) is 19.6 Å². The number of piperazine rings is 1. The van der Waals surface area contributed by atoms with Crippen LogP contribution < -0.4 is 5.32 Å². The molecular formula is C17H30N2. The topological polar surface area (TPSA) is 15.3 Å². The van der Waals surface area contributed by atoms with Crippen molar-refractivity contribution in [1.82, 2.24) is 10.2 Å². The van der Waals surface area contributed by atoms with E-state index in [9.17, 15) is 0 Å². The third-order valence-electron chi connectivity index (χ3n) is 6.78. The Kier molecular flexibility index (Phi) is 2.65. The van der Waals surface area contributed by atoms with Crippen LogP contribution >= 0.6 is 0 Å². The van der Waals surface area contributed by atoms with Crippen LogP contribution in [0.2, 0.25) is 0 Å². The van der Waals surface area contributed by atoms with Gasteiger partial charge in [-0.2, -0.15) is 0 Å². The average Bonchev–Trinajstić information content (AvgIpc) is 2.34. The molecule has 0 aromatic carbocycles. The molecule has 0 atom stereocenters. The molecular weight excluding hydrogens is 232 g/mol. The lowest BCUT2D eigenvalue weighted by atomic mass is 9.47. The molecule has 0 radical (unpaired) electrons. The molecule has 1 spiro atoms. The Morgan fingerprint density at radius 3 is 2.05 bits per heavy atom. The molecule has 5 aliphatic rings. The van der Waals surface area contributed by atoms with Gasteiger partial charge in [-0.25, -0.2) is 0 Å². The van der Waals surface area contributed by atoms with Gasteiger partial charge in [0.1, 0.15) is 0 Å². The van der Waals surface area contributed by atoms with Crippen molar-refractivity contribution in [3.8, 4) is 0 Å². The van der Waals surface area contributed by atoms with Crippen molar-refractivity contribution in [3.63, 3.8) is 0 Å². The zero-order valence-corrected chi connectivity index (χ0v) is 12.9.